The van der Waals surface area contributed by atoms with Gasteiger partial charge in [0.25, 0.3) is 0 Å². The van der Waals surface area contributed by atoms with E-state index in [1.807, 2.05) is 12.1 Å². The predicted octanol–water partition coefficient (Wildman–Crippen LogP) is 4.17. The third kappa shape index (κ3) is 3.83. The van der Waals surface area contributed by atoms with Gasteiger partial charge in [0.2, 0.25) is 0 Å². The predicted molar refractivity (Wildman–Crippen MR) is 99.5 cm³/mol. The molecule has 4 nitrogen and oxygen atoms in total. The molecule has 2 aromatic carbocycles. The number of hydrogen-bond acceptors (Lipinski definition) is 3. The van der Waals surface area contributed by atoms with Gasteiger partial charge in [-0.05, 0) is 24.3 Å². The van der Waals surface area contributed by atoms with Gasteiger partial charge in [-0.2, -0.15) is 13.2 Å². The Balaban J connectivity index is 1.61. The summed E-state index contributed by atoms with van der Waals surface area (Å²) in [6, 6.07) is 13.3. The minimum atomic E-state index is -4.36. The van der Waals surface area contributed by atoms with E-state index in [2.05, 4.69) is 32.3 Å². The van der Waals surface area contributed by atoms with Gasteiger partial charge >= 0.3 is 6.18 Å². The van der Waals surface area contributed by atoms with E-state index in [1.54, 1.807) is 12.3 Å². The molecule has 7 heteroatoms. The van der Waals surface area contributed by atoms with Crippen LogP contribution < -0.4 is 10.2 Å². The quantitative estimate of drug-likeness (QED) is 0.725. The van der Waals surface area contributed by atoms with Crippen LogP contribution >= 0.6 is 0 Å². The number of rotatable bonds is 3. The van der Waals surface area contributed by atoms with Crippen molar-refractivity contribution in [3.63, 3.8) is 0 Å². The fraction of sp³-hybridized carbons (Fsp3) is 0.250. The van der Waals surface area contributed by atoms with Gasteiger partial charge in [0.05, 0.1) is 17.5 Å². The van der Waals surface area contributed by atoms with E-state index in [0.717, 1.165) is 49.6 Å². The summed E-state index contributed by atoms with van der Waals surface area (Å²) < 4.78 is 38.8. The lowest BCUT2D eigenvalue weighted by Crippen LogP contribution is -2.43. The third-order valence-electron chi connectivity index (χ3n) is 4.68. The molecule has 27 heavy (non-hydrogen) atoms. The zero-order valence-electron chi connectivity index (χ0n) is 14.6. The van der Waals surface area contributed by atoms with Crippen molar-refractivity contribution in [2.24, 2.45) is 0 Å². The molecule has 2 N–H and O–H groups in total. The Kier molecular flexibility index (Phi) is 4.61. The van der Waals surface area contributed by atoms with E-state index in [4.69, 9.17) is 0 Å². The first-order valence-corrected chi connectivity index (χ1v) is 8.79. The number of aromatic nitrogens is 2. The maximum Gasteiger partial charge on any atom is 0.416 e. The van der Waals surface area contributed by atoms with E-state index in [1.165, 1.54) is 6.07 Å². The number of halogens is 3. The maximum atomic E-state index is 12.9. The normalized spacial score (nSPS) is 15.1. The average Bonchev–Trinajstić information content (AvgIpc) is 3.19. The molecule has 1 aliphatic heterocycles. The molecular formula is C20H19F3N4. The van der Waals surface area contributed by atoms with Crippen LogP contribution in [0.5, 0.6) is 0 Å². The van der Waals surface area contributed by atoms with Gasteiger partial charge in [-0.15, -0.1) is 0 Å². The Bertz CT molecular complexity index is 927. The SMILES string of the molecule is FC(F)(F)c1cccc(-c2cnc(-c3cccc(N4CCNCC4)c3)[nH]2)c1. The zero-order chi connectivity index (χ0) is 18.9. The number of anilines is 1. The Morgan fingerprint density at radius 2 is 1.67 bits per heavy atom. The molecule has 0 atom stereocenters. The van der Waals surface area contributed by atoms with Crippen LogP contribution in [0.15, 0.2) is 54.7 Å². The summed E-state index contributed by atoms with van der Waals surface area (Å²) in [5.74, 6) is 0.638. The number of aromatic amines is 1. The molecule has 0 radical (unpaired) electrons. The summed E-state index contributed by atoms with van der Waals surface area (Å²) in [4.78, 5) is 9.82. The summed E-state index contributed by atoms with van der Waals surface area (Å²) in [5.41, 5.74) is 2.37. The monoisotopic (exact) mass is 372 g/mol. The van der Waals surface area contributed by atoms with E-state index in [9.17, 15) is 13.2 Å². The molecule has 3 aromatic rings. The molecule has 4 rings (SSSR count). The molecule has 0 amide bonds. The molecule has 0 aliphatic carbocycles. The highest BCUT2D eigenvalue weighted by atomic mass is 19.4. The first kappa shape index (κ1) is 17.6. The standard InChI is InChI=1S/C20H19F3N4/c21-20(22,23)16-5-1-3-14(11-16)18-13-25-19(26-18)15-4-2-6-17(12-15)27-9-7-24-8-10-27/h1-6,11-13,24H,7-10H2,(H,25,26). The van der Waals surface area contributed by atoms with E-state index >= 15 is 0 Å². The van der Waals surface area contributed by atoms with E-state index in [0.29, 0.717) is 17.1 Å². The fourth-order valence-electron chi connectivity index (χ4n) is 3.25. The van der Waals surface area contributed by atoms with Crippen molar-refractivity contribution in [2.45, 2.75) is 6.18 Å². The van der Waals surface area contributed by atoms with Crippen LogP contribution in [0.25, 0.3) is 22.6 Å². The molecule has 0 saturated carbocycles. The minimum Gasteiger partial charge on any atom is -0.369 e. The molecule has 140 valence electrons. The molecule has 0 bridgehead atoms. The van der Waals surface area contributed by atoms with Crippen molar-refractivity contribution in [1.82, 2.24) is 15.3 Å². The van der Waals surface area contributed by atoms with Crippen molar-refractivity contribution in [1.29, 1.82) is 0 Å². The minimum absolute atomic E-state index is 0.460. The van der Waals surface area contributed by atoms with Crippen molar-refractivity contribution < 1.29 is 13.2 Å². The number of alkyl halides is 3. The number of nitrogens with one attached hydrogen (secondary N) is 2. The molecule has 1 fully saturated rings. The second-order valence-corrected chi connectivity index (χ2v) is 6.51. The Morgan fingerprint density at radius 1 is 0.926 bits per heavy atom. The lowest BCUT2D eigenvalue weighted by Gasteiger charge is -2.29. The molecule has 1 aliphatic rings. The second-order valence-electron chi connectivity index (χ2n) is 6.51. The van der Waals surface area contributed by atoms with Crippen LogP contribution in [-0.2, 0) is 6.18 Å². The fourth-order valence-corrected chi connectivity index (χ4v) is 3.25. The van der Waals surface area contributed by atoms with Crippen LogP contribution in [0.3, 0.4) is 0 Å². The van der Waals surface area contributed by atoms with Crippen molar-refractivity contribution in [3.8, 4) is 22.6 Å². The van der Waals surface area contributed by atoms with E-state index < -0.39 is 11.7 Å². The molecule has 1 saturated heterocycles. The van der Waals surface area contributed by atoms with Gasteiger partial charge in [-0.1, -0.05) is 24.3 Å². The Hall–Kier alpha value is -2.80. The van der Waals surface area contributed by atoms with E-state index in [-0.39, 0.29) is 0 Å². The van der Waals surface area contributed by atoms with Gasteiger partial charge < -0.3 is 15.2 Å². The lowest BCUT2D eigenvalue weighted by atomic mass is 10.1. The molecule has 1 aromatic heterocycles. The van der Waals surface area contributed by atoms with Crippen molar-refractivity contribution in [2.75, 3.05) is 31.1 Å². The lowest BCUT2D eigenvalue weighted by molar-refractivity contribution is -0.137. The van der Waals surface area contributed by atoms with Gasteiger partial charge in [0, 0.05) is 43.0 Å². The molecule has 2 heterocycles. The first-order chi connectivity index (χ1) is 13.0. The molecule has 0 unspecified atom stereocenters. The Labute approximate surface area is 155 Å². The van der Waals surface area contributed by atoms with Gasteiger partial charge in [-0.25, -0.2) is 4.98 Å². The van der Waals surface area contributed by atoms with Crippen molar-refractivity contribution in [3.05, 3.63) is 60.3 Å². The summed E-state index contributed by atoms with van der Waals surface area (Å²) in [5, 5.41) is 3.33. The average molecular weight is 372 g/mol. The van der Waals surface area contributed by atoms with Crippen LogP contribution in [0.2, 0.25) is 0 Å². The zero-order valence-corrected chi connectivity index (χ0v) is 14.6. The summed E-state index contributed by atoms with van der Waals surface area (Å²) in [7, 11) is 0. The second kappa shape index (κ2) is 7.08. The number of benzene rings is 2. The topological polar surface area (TPSA) is 44.0 Å². The van der Waals surface area contributed by atoms with Crippen LogP contribution in [0, 0.1) is 0 Å². The van der Waals surface area contributed by atoms with Gasteiger partial charge in [0.1, 0.15) is 5.82 Å². The highest BCUT2D eigenvalue weighted by Crippen LogP contribution is 2.32. The summed E-state index contributed by atoms with van der Waals surface area (Å²) >= 11 is 0. The van der Waals surface area contributed by atoms with Crippen LogP contribution in [0.4, 0.5) is 18.9 Å². The number of nitrogens with zero attached hydrogens (tertiary/aromatic N) is 2. The van der Waals surface area contributed by atoms with Crippen LogP contribution in [0.1, 0.15) is 5.56 Å². The van der Waals surface area contributed by atoms with Gasteiger partial charge in [0.15, 0.2) is 0 Å². The number of H-pyrrole nitrogens is 1. The number of piperazine rings is 1. The van der Waals surface area contributed by atoms with Crippen molar-refractivity contribution >= 4 is 5.69 Å². The number of hydrogen-bond donors (Lipinski definition) is 2. The largest absolute Gasteiger partial charge is 0.416 e. The van der Waals surface area contributed by atoms with Crippen LogP contribution in [-0.4, -0.2) is 36.1 Å². The number of imidazole rings is 1. The summed E-state index contributed by atoms with van der Waals surface area (Å²) in [6.45, 7) is 3.78. The molecular weight excluding hydrogens is 353 g/mol. The Morgan fingerprint density at radius 3 is 2.44 bits per heavy atom. The molecule has 0 spiro atoms. The maximum absolute atomic E-state index is 12.9. The first-order valence-electron chi connectivity index (χ1n) is 8.79. The summed E-state index contributed by atoms with van der Waals surface area (Å²) in [6.07, 6.45) is -2.79. The van der Waals surface area contributed by atoms with Gasteiger partial charge in [-0.3, -0.25) is 0 Å². The highest BCUT2D eigenvalue weighted by Gasteiger charge is 2.30. The third-order valence-corrected chi connectivity index (χ3v) is 4.68. The highest BCUT2D eigenvalue weighted by molar-refractivity contribution is 5.68. The smallest absolute Gasteiger partial charge is 0.369 e.